The van der Waals surface area contributed by atoms with Gasteiger partial charge in [0.15, 0.2) is 5.78 Å². The molecule has 2 rings (SSSR count). The van der Waals surface area contributed by atoms with E-state index in [2.05, 4.69) is 0 Å². The number of hydrogen-bond acceptors (Lipinski definition) is 2. The van der Waals surface area contributed by atoms with Crippen molar-refractivity contribution >= 4 is 5.78 Å². The number of aliphatic hydroxyl groups is 1. The van der Waals surface area contributed by atoms with Gasteiger partial charge in [0.05, 0.1) is 5.76 Å². The quantitative estimate of drug-likeness (QED) is 0.607. The van der Waals surface area contributed by atoms with Gasteiger partial charge in [0, 0.05) is 18.9 Å². The molecule has 0 saturated carbocycles. The second kappa shape index (κ2) is 8.05. The summed E-state index contributed by atoms with van der Waals surface area (Å²) in [7, 11) is 0. The third-order valence-corrected chi connectivity index (χ3v) is 3.34. The first-order chi connectivity index (χ1) is 10.2. The van der Waals surface area contributed by atoms with Gasteiger partial charge < -0.3 is 5.11 Å². The van der Waals surface area contributed by atoms with Crippen LogP contribution >= 0.6 is 0 Å². The Morgan fingerprint density at radius 3 is 1.81 bits per heavy atom. The van der Waals surface area contributed by atoms with E-state index in [0.717, 1.165) is 17.5 Å². The predicted molar refractivity (Wildman–Crippen MR) is 85.2 cm³/mol. The summed E-state index contributed by atoms with van der Waals surface area (Å²) in [6.07, 6.45) is 3.75. The van der Waals surface area contributed by atoms with Crippen molar-refractivity contribution in [3.05, 3.63) is 83.6 Å². The summed E-state index contributed by atoms with van der Waals surface area (Å²) in [4.78, 5) is 11.8. The van der Waals surface area contributed by atoms with Crippen LogP contribution in [0.1, 0.15) is 24.0 Å². The number of allylic oxidation sites excluding steroid dienone is 2. The van der Waals surface area contributed by atoms with Crippen LogP contribution in [0.15, 0.2) is 72.5 Å². The molecule has 2 heteroatoms. The van der Waals surface area contributed by atoms with Crippen LogP contribution in [0.4, 0.5) is 0 Å². The number of rotatable bonds is 7. The van der Waals surface area contributed by atoms with Crippen molar-refractivity contribution in [3.8, 4) is 0 Å². The molecule has 0 heterocycles. The number of aryl methyl sites for hydroxylation is 2. The molecular formula is C19H20O2. The molecule has 21 heavy (non-hydrogen) atoms. The molecule has 0 amide bonds. The van der Waals surface area contributed by atoms with Crippen LogP contribution in [-0.4, -0.2) is 10.9 Å². The van der Waals surface area contributed by atoms with Gasteiger partial charge in [-0.2, -0.15) is 0 Å². The molecule has 2 aromatic rings. The van der Waals surface area contributed by atoms with Crippen molar-refractivity contribution in [1.29, 1.82) is 0 Å². The van der Waals surface area contributed by atoms with Crippen molar-refractivity contribution < 1.29 is 9.90 Å². The van der Waals surface area contributed by atoms with Crippen LogP contribution in [0.25, 0.3) is 0 Å². The molecule has 0 aliphatic carbocycles. The summed E-state index contributed by atoms with van der Waals surface area (Å²) in [5, 5.41) is 9.82. The number of hydrogen-bond donors (Lipinski definition) is 1. The SMILES string of the molecule is O=C(/C=C(/O)CCc1ccccc1)CCc1ccccc1. The third kappa shape index (κ3) is 5.65. The molecule has 2 aromatic carbocycles. The van der Waals surface area contributed by atoms with Gasteiger partial charge in [0.25, 0.3) is 0 Å². The lowest BCUT2D eigenvalue weighted by Crippen LogP contribution is -1.99. The second-order valence-electron chi connectivity index (χ2n) is 5.07. The van der Waals surface area contributed by atoms with Crippen molar-refractivity contribution in [2.75, 3.05) is 0 Å². The molecule has 0 fully saturated rings. The minimum absolute atomic E-state index is 0.0237. The fraction of sp³-hybridized carbons (Fsp3) is 0.211. The number of ketones is 1. The maximum absolute atomic E-state index is 11.8. The number of carbonyl (C=O) groups is 1. The molecule has 0 aliphatic rings. The zero-order valence-corrected chi connectivity index (χ0v) is 12.0. The van der Waals surface area contributed by atoms with Gasteiger partial charge in [-0.1, -0.05) is 60.7 Å². The highest BCUT2D eigenvalue weighted by atomic mass is 16.3. The summed E-state index contributed by atoms with van der Waals surface area (Å²) < 4.78 is 0. The average molecular weight is 280 g/mol. The maximum Gasteiger partial charge on any atom is 0.159 e. The fourth-order valence-electron chi connectivity index (χ4n) is 2.16. The molecule has 0 spiro atoms. The van der Waals surface area contributed by atoms with Gasteiger partial charge in [0.1, 0.15) is 0 Å². The van der Waals surface area contributed by atoms with Crippen LogP contribution < -0.4 is 0 Å². The third-order valence-electron chi connectivity index (χ3n) is 3.34. The minimum Gasteiger partial charge on any atom is -0.512 e. The zero-order chi connectivity index (χ0) is 14.9. The molecular weight excluding hydrogens is 260 g/mol. The van der Waals surface area contributed by atoms with Gasteiger partial charge in [-0.3, -0.25) is 4.79 Å². The molecule has 0 aliphatic heterocycles. The zero-order valence-electron chi connectivity index (χ0n) is 12.0. The van der Waals surface area contributed by atoms with E-state index in [9.17, 15) is 9.90 Å². The van der Waals surface area contributed by atoms with Crippen molar-refractivity contribution in [2.24, 2.45) is 0 Å². The lowest BCUT2D eigenvalue weighted by molar-refractivity contribution is -0.114. The maximum atomic E-state index is 11.8. The predicted octanol–water partition coefficient (Wildman–Crippen LogP) is 4.26. The Balaban J connectivity index is 1.77. The molecule has 0 aromatic heterocycles. The summed E-state index contributed by atoms with van der Waals surface area (Å²) >= 11 is 0. The van der Waals surface area contributed by atoms with Crippen LogP contribution in [0.2, 0.25) is 0 Å². The van der Waals surface area contributed by atoms with E-state index in [-0.39, 0.29) is 11.5 Å². The van der Waals surface area contributed by atoms with Gasteiger partial charge in [-0.25, -0.2) is 0 Å². The molecule has 0 saturated heterocycles. The lowest BCUT2D eigenvalue weighted by Gasteiger charge is -2.02. The highest BCUT2D eigenvalue weighted by Gasteiger charge is 2.03. The van der Waals surface area contributed by atoms with Gasteiger partial charge in [-0.05, 0) is 24.0 Å². The van der Waals surface area contributed by atoms with E-state index in [1.807, 2.05) is 60.7 Å². The molecule has 0 atom stereocenters. The topological polar surface area (TPSA) is 37.3 Å². The Kier molecular flexibility index (Phi) is 5.77. The van der Waals surface area contributed by atoms with Crippen LogP contribution in [0, 0.1) is 0 Å². The van der Waals surface area contributed by atoms with Crippen molar-refractivity contribution in [2.45, 2.75) is 25.7 Å². The highest BCUT2D eigenvalue weighted by Crippen LogP contribution is 2.08. The Morgan fingerprint density at radius 2 is 1.29 bits per heavy atom. The normalized spacial score (nSPS) is 11.3. The van der Waals surface area contributed by atoms with Gasteiger partial charge in [-0.15, -0.1) is 0 Å². The van der Waals surface area contributed by atoms with Gasteiger partial charge in [0.2, 0.25) is 0 Å². The van der Waals surface area contributed by atoms with Crippen LogP contribution in [0.5, 0.6) is 0 Å². The minimum atomic E-state index is -0.0237. The van der Waals surface area contributed by atoms with Crippen molar-refractivity contribution in [3.63, 3.8) is 0 Å². The molecule has 1 N–H and O–H groups in total. The second-order valence-corrected chi connectivity index (χ2v) is 5.07. The molecule has 0 unspecified atom stereocenters. The van der Waals surface area contributed by atoms with Crippen molar-refractivity contribution in [1.82, 2.24) is 0 Å². The molecule has 0 bridgehead atoms. The molecule has 2 nitrogen and oxygen atoms in total. The van der Waals surface area contributed by atoms with Gasteiger partial charge >= 0.3 is 0 Å². The standard InChI is InChI=1S/C19H20O2/c20-18(13-11-16-7-3-1-4-8-16)15-19(21)14-12-17-9-5-2-6-10-17/h1-10,15,20H,11-14H2/b18-15+. The first kappa shape index (κ1) is 15.0. The van der Waals surface area contributed by atoms with E-state index < -0.39 is 0 Å². The first-order valence-corrected chi connectivity index (χ1v) is 7.24. The Bertz CT molecular complexity index is 585. The number of aliphatic hydroxyl groups excluding tert-OH is 1. The summed E-state index contributed by atoms with van der Waals surface area (Å²) in [6, 6.07) is 19.8. The van der Waals surface area contributed by atoms with Crippen LogP contribution in [0.3, 0.4) is 0 Å². The monoisotopic (exact) mass is 280 g/mol. The average Bonchev–Trinajstić information content (AvgIpc) is 2.53. The van der Waals surface area contributed by atoms with E-state index in [4.69, 9.17) is 0 Å². The van der Waals surface area contributed by atoms with E-state index in [1.165, 1.54) is 6.08 Å². The Hall–Kier alpha value is -2.35. The first-order valence-electron chi connectivity index (χ1n) is 7.24. The van der Waals surface area contributed by atoms with E-state index in [1.54, 1.807) is 0 Å². The lowest BCUT2D eigenvalue weighted by atomic mass is 10.1. The van der Waals surface area contributed by atoms with E-state index in [0.29, 0.717) is 19.3 Å². The number of carbonyl (C=O) groups excluding carboxylic acids is 1. The Labute approximate surface area is 125 Å². The Morgan fingerprint density at radius 1 is 0.810 bits per heavy atom. The van der Waals surface area contributed by atoms with Crippen LogP contribution in [-0.2, 0) is 17.6 Å². The molecule has 108 valence electrons. The largest absolute Gasteiger partial charge is 0.512 e. The summed E-state index contributed by atoms with van der Waals surface area (Å²) in [5.74, 6) is 0.140. The van der Waals surface area contributed by atoms with E-state index >= 15 is 0 Å². The summed E-state index contributed by atoms with van der Waals surface area (Å²) in [6.45, 7) is 0. The highest BCUT2D eigenvalue weighted by molar-refractivity contribution is 5.90. The number of benzene rings is 2. The fourth-order valence-corrected chi connectivity index (χ4v) is 2.16. The summed E-state index contributed by atoms with van der Waals surface area (Å²) in [5.41, 5.74) is 2.30. The smallest absolute Gasteiger partial charge is 0.159 e. The molecule has 0 radical (unpaired) electrons.